The van der Waals surface area contributed by atoms with Crippen LogP contribution in [0.2, 0.25) is 0 Å². The Bertz CT molecular complexity index is 378. The topological polar surface area (TPSA) is 20.3 Å². The average Bonchev–Trinajstić information content (AvgIpc) is 2.29. The van der Waals surface area contributed by atoms with E-state index in [1.807, 2.05) is 38.2 Å². The van der Waals surface area contributed by atoms with Gasteiger partial charge in [0.05, 0.1) is 6.54 Å². The second-order valence-corrected chi connectivity index (χ2v) is 5.31. The van der Waals surface area contributed by atoms with E-state index in [1.54, 1.807) is 0 Å². The molecule has 1 rings (SSSR count). The quantitative estimate of drug-likeness (QED) is 0.727. The van der Waals surface area contributed by atoms with E-state index < -0.39 is 0 Å². The predicted octanol–water partition coefficient (Wildman–Crippen LogP) is 3.30. The van der Waals surface area contributed by atoms with E-state index in [2.05, 4.69) is 25.7 Å². The molecule has 2 nitrogen and oxygen atoms in total. The Labute approximate surface area is 105 Å². The summed E-state index contributed by atoms with van der Waals surface area (Å²) >= 11 is 0. The largest absolute Gasteiger partial charge is 0.294 e. The van der Waals surface area contributed by atoms with Crippen LogP contribution in [0, 0.1) is 6.92 Å². The number of carbonyl (C=O) groups excluding carboxylic acids is 1. The maximum absolute atomic E-state index is 12.1. The van der Waals surface area contributed by atoms with Crippen LogP contribution in [0.5, 0.6) is 0 Å². The lowest BCUT2D eigenvalue weighted by Crippen LogP contribution is -2.43. The number of likely N-dealkylation sites (N-methyl/N-ethyl adjacent to an activating group) is 1. The van der Waals surface area contributed by atoms with Crippen molar-refractivity contribution in [1.29, 1.82) is 0 Å². The van der Waals surface area contributed by atoms with E-state index in [0.717, 1.165) is 12.0 Å². The smallest absolute Gasteiger partial charge is 0.176 e. The number of hydrogen-bond donors (Lipinski definition) is 0. The van der Waals surface area contributed by atoms with Gasteiger partial charge < -0.3 is 0 Å². The molecule has 94 valence electrons. The Morgan fingerprint density at radius 3 is 2.24 bits per heavy atom. The first-order valence-electron chi connectivity index (χ1n) is 6.18. The summed E-state index contributed by atoms with van der Waals surface area (Å²) < 4.78 is 0. The third kappa shape index (κ3) is 3.67. The van der Waals surface area contributed by atoms with Gasteiger partial charge in [-0.15, -0.1) is 0 Å². The normalized spacial score (nSPS) is 11.9. The van der Waals surface area contributed by atoms with E-state index in [1.165, 1.54) is 5.56 Å². The minimum absolute atomic E-state index is 0.0698. The molecule has 0 fully saturated rings. The van der Waals surface area contributed by atoms with Crippen LogP contribution in [0.25, 0.3) is 0 Å². The Morgan fingerprint density at radius 2 is 1.76 bits per heavy atom. The molecule has 0 aromatic heterocycles. The number of carbonyl (C=O) groups is 1. The van der Waals surface area contributed by atoms with Crippen LogP contribution in [0.3, 0.4) is 0 Å². The molecule has 17 heavy (non-hydrogen) atoms. The summed E-state index contributed by atoms with van der Waals surface area (Å²) in [5, 5.41) is 0. The Kier molecular flexibility index (Phi) is 4.47. The van der Waals surface area contributed by atoms with Gasteiger partial charge in [0.1, 0.15) is 0 Å². The summed E-state index contributed by atoms with van der Waals surface area (Å²) in [4.78, 5) is 14.2. The molecule has 0 atom stereocenters. The zero-order chi connectivity index (χ0) is 13.1. The summed E-state index contributed by atoms with van der Waals surface area (Å²) in [7, 11) is 2.01. The van der Waals surface area contributed by atoms with E-state index in [9.17, 15) is 4.79 Å². The number of aryl methyl sites for hydroxylation is 1. The van der Waals surface area contributed by atoms with Crippen molar-refractivity contribution in [2.45, 2.75) is 39.7 Å². The Morgan fingerprint density at radius 1 is 1.24 bits per heavy atom. The number of nitrogens with zero attached hydrogens (tertiary/aromatic N) is 1. The molecular weight excluding hydrogens is 210 g/mol. The van der Waals surface area contributed by atoms with Crippen LogP contribution >= 0.6 is 0 Å². The maximum Gasteiger partial charge on any atom is 0.176 e. The molecule has 2 heteroatoms. The minimum atomic E-state index is 0.0698. The van der Waals surface area contributed by atoms with Crippen molar-refractivity contribution in [3.8, 4) is 0 Å². The zero-order valence-electron chi connectivity index (χ0n) is 11.6. The van der Waals surface area contributed by atoms with Crippen LogP contribution in [-0.4, -0.2) is 29.8 Å². The van der Waals surface area contributed by atoms with Gasteiger partial charge in [0.2, 0.25) is 0 Å². The van der Waals surface area contributed by atoms with Gasteiger partial charge in [-0.1, -0.05) is 36.8 Å². The molecule has 0 amide bonds. The van der Waals surface area contributed by atoms with Gasteiger partial charge in [-0.25, -0.2) is 0 Å². The second kappa shape index (κ2) is 5.46. The van der Waals surface area contributed by atoms with E-state index in [4.69, 9.17) is 0 Å². The van der Waals surface area contributed by atoms with Crippen molar-refractivity contribution in [3.63, 3.8) is 0 Å². The number of hydrogen-bond acceptors (Lipinski definition) is 2. The number of benzene rings is 1. The van der Waals surface area contributed by atoms with Gasteiger partial charge in [0.15, 0.2) is 5.78 Å². The number of rotatable bonds is 5. The zero-order valence-corrected chi connectivity index (χ0v) is 11.6. The van der Waals surface area contributed by atoms with E-state index in [0.29, 0.717) is 6.54 Å². The monoisotopic (exact) mass is 233 g/mol. The van der Waals surface area contributed by atoms with Crippen LogP contribution in [0.15, 0.2) is 24.3 Å². The van der Waals surface area contributed by atoms with Gasteiger partial charge in [-0.2, -0.15) is 0 Å². The molecule has 0 saturated carbocycles. The van der Waals surface area contributed by atoms with Gasteiger partial charge in [0.25, 0.3) is 0 Å². The highest BCUT2D eigenvalue weighted by Crippen LogP contribution is 2.17. The van der Waals surface area contributed by atoms with Crippen molar-refractivity contribution in [3.05, 3.63) is 35.4 Å². The fourth-order valence-electron chi connectivity index (χ4n) is 1.53. The summed E-state index contributed by atoms with van der Waals surface area (Å²) in [6.45, 7) is 8.97. The molecular formula is C15H23NO. The highest BCUT2D eigenvalue weighted by atomic mass is 16.1. The lowest BCUT2D eigenvalue weighted by Gasteiger charge is -2.34. The molecule has 0 aliphatic rings. The van der Waals surface area contributed by atoms with Crippen LogP contribution in [-0.2, 0) is 0 Å². The molecule has 0 bridgehead atoms. The lowest BCUT2D eigenvalue weighted by atomic mass is 9.99. The molecule has 0 N–H and O–H groups in total. The van der Waals surface area contributed by atoms with Crippen molar-refractivity contribution >= 4 is 5.78 Å². The predicted molar refractivity (Wildman–Crippen MR) is 72.5 cm³/mol. The van der Waals surface area contributed by atoms with Gasteiger partial charge in [0, 0.05) is 11.1 Å². The summed E-state index contributed by atoms with van der Waals surface area (Å²) in [6, 6.07) is 7.78. The molecule has 0 aliphatic heterocycles. The third-order valence-electron chi connectivity index (χ3n) is 3.65. The lowest BCUT2D eigenvalue weighted by molar-refractivity contribution is 0.0847. The third-order valence-corrected chi connectivity index (χ3v) is 3.65. The standard InChI is InChI=1S/C15H23NO/c1-6-15(3,4)16(5)11-14(17)13-9-7-12(2)8-10-13/h7-10H,6,11H2,1-5H3. The Balaban J connectivity index is 2.70. The molecule has 0 heterocycles. The van der Waals surface area contributed by atoms with E-state index in [-0.39, 0.29) is 11.3 Å². The van der Waals surface area contributed by atoms with Gasteiger partial charge >= 0.3 is 0 Å². The maximum atomic E-state index is 12.1. The minimum Gasteiger partial charge on any atom is -0.294 e. The first-order chi connectivity index (χ1) is 7.86. The van der Waals surface area contributed by atoms with Crippen molar-refractivity contribution in [1.82, 2.24) is 4.90 Å². The molecule has 0 unspecified atom stereocenters. The SMILES string of the molecule is CCC(C)(C)N(C)CC(=O)c1ccc(C)cc1. The first kappa shape index (κ1) is 13.9. The molecule has 0 aliphatic carbocycles. The summed E-state index contributed by atoms with van der Waals surface area (Å²) in [6.07, 6.45) is 1.03. The highest BCUT2D eigenvalue weighted by Gasteiger charge is 2.23. The van der Waals surface area contributed by atoms with Crippen molar-refractivity contribution < 1.29 is 4.79 Å². The number of Topliss-reactive ketones (excluding diaryl/α,β-unsaturated/α-hetero) is 1. The fourth-order valence-corrected chi connectivity index (χ4v) is 1.53. The van der Waals surface area contributed by atoms with Crippen molar-refractivity contribution in [2.75, 3.05) is 13.6 Å². The van der Waals surface area contributed by atoms with Crippen LogP contribution < -0.4 is 0 Å². The summed E-state index contributed by atoms with van der Waals surface area (Å²) in [5.74, 6) is 0.189. The van der Waals surface area contributed by atoms with Crippen LogP contribution in [0.1, 0.15) is 43.1 Å². The van der Waals surface area contributed by atoms with Crippen molar-refractivity contribution in [2.24, 2.45) is 0 Å². The molecule has 0 saturated heterocycles. The van der Waals surface area contributed by atoms with Gasteiger partial charge in [-0.3, -0.25) is 9.69 Å². The highest BCUT2D eigenvalue weighted by molar-refractivity contribution is 5.97. The fraction of sp³-hybridized carbons (Fsp3) is 0.533. The first-order valence-corrected chi connectivity index (χ1v) is 6.18. The second-order valence-electron chi connectivity index (χ2n) is 5.31. The molecule has 0 spiro atoms. The number of ketones is 1. The molecule has 0 radical (unpaired) electrons. The molecule has 1 aromatic rings. The average molecular weight is 233 g/mol. The van der Waals surface area contributed by atoms with Gasteiger partial charge in [-0.05, 0) is 34.2 Å². The summed E-state index contributed by atoms with van der Waals surface area (Å²) in [5.41, 5.74) is 2.05. The van der Waals surface area contributed by atoms with Crippen LogP contribution in [0.4, 0.5) is 0 Å². The molecule has 1 aromatic carbocycles. The Hall–Kier alpha value is -1.15. The van der Waals surface area contributed by atoms with E-state index >= 15 is 0 Å².